The standard InChI is InChI=1S/C20H30O5S/c1-5-7-9-11-19(18(10-8-6-2)20(21)24-4)25-26(22,23)17-14-12-16(3)13-15-17/h12-15H,5-11H2,1-4H3/b19-18-. The average Bonchev–Trinajstić information content (AvgIpc) is 2.61. The van der Waals surface area contributed by atoms with E-state index in [1.165, 1.54) is 19.2 Å². The molecule has 0 spiro atoms. The summed E-state index contributed by atoms with van der Waals surface area (Å²) in [7, 11) is -2.69. The van der Waals surface area contributed by atoms with Gasteiger partial charge in [0.05, 0.1) is 12.7 Å². The van der Waals surface area contributed by atoms with E-state index in [0.717, 1.165) is 37.7 Å². The molecule has 0 amide bonds. The molecular weight excluding hydrogens is 352 g/mol. The number of allylic oxidation sites excluding steroid dienone is 1. The molecule has 26 heavy (non-hydrogen) atoms. The molecule has 0 aliphatic rings. The summed E-state index contributed by atoms with van der Waals surface area (Å²) in [6, 6.07) is 6.46. The van der Waals surface area contributed by atoms with E-state index in [9.17, 15) is 13.2 Å². The predicted molar refractivity (Wildman–Crippen MR) is 102 cm³/mol. The highest BCUT2D eigenvalue weighted by Gasteiger charge is 2.23. The van der Waals surface area contributed by atoms with Crippen LogP contribution >= 0.6 is 0 Å². The van der Waals surface area contributed by atoms with Crippen molar-refractivity contribution < 1.29 is 22.1 Å². The second-order valence-electron chi connectivity index (χ2n) is 6.30. The van der Waals surface area contributed by atoms with Gasteiger partial charge in [0.15, 0.2) is 0 Å². The molecular formula is C20H30O5S. The number of hydrogen-bond acceptors (Lipinski definition) is 5. The first-order valence-electron chi connectivity index (χ1n) is 9.17. The van der Waals surface area contributed by atoms with Crippen molar-refractivity contribution in [1.29, 1.82) is 0 Å². The van der Waals surface area contributed by atoms with Crippen LogP contribution in [-0.2, 0) is 23.8 Å². The molecule has 0 saturated heterocycles. The molecule has 5 nitrogen and oxygen atoms in total. The Morgan fingerprint density at radius 1 is 0.962 bits per heavy atom. The maximum Gasteiger partial charge on any atom is 0.338 e. The Morgan fingerprint density at radius 3 is 2.12 bits per heavy atom. The maximum atomic E-state index is 12.7. The Kier molecular flexibility index (Phi) is 9.41. The maximum absolute atomic E-state index is 12.7. The summed E-state index contributed by atoms with van der Waals surface area (Å²) in [5.74, 6) is -0.316. The fourth-order valence-electron chi connectivity index (χ4n) is 2.50. The molecule has 0 bridgehead atoms. The van der Waals surface area contributed by atoms with Gasteiger partial charge in [-0.1, -0.05) is 50.8 Å². The average molecular weight is 383 g/mol. The third-order valence-corrected chi connectivity index (χ3v) is 5.35. The van der Waals surface area contributed by atoms with E-state index in [1.54, 1.807) is 12.1 Å². The smallest absolute Gasteiger partial charge is 0.338 e. The van der Waals surface area contributed by atoms with Crippen LogP contribution in [0.3, 0.4) is 0 Å². The normalized spacial score (nSPS) is 12.5. The van der Waals surface area contributed by atoms with Gasteiger partial charge in [0.1, 0.15) is 10.7 Å². The van der Waals surface area contributed by atoms with E-state index < -0.39 is 16.1 Å². The Hall–Kier alpha value is -1.82. The molecule has 0 N–H and O–H groups in total. The van der Waals surface area contributed by atoms with Crippen molar-refractivity contribution in [2.45, 2.75) is 70.6 Å². The van der Waals surface area contributed by atoms with Crippen molar-refractivity contribution in [3.8, 4) is 0 Å². The van der Waals surface area contributed by atoms with Crippen LogP contribution in [0.1, 0.15) is 64.4 Å². The molecule has 0 saturated carbocycles. The van der Waals surface area contributed by atoms with Gasteiger partial charge in [-0.25, -0.2) is 4.79 Å². The molecule has 0 fully saturated rings. The van der Waals surface area contributed by atoms with Gasteiger partial charge in [-0.2, -0.15) is 8.42 Å². The summed E-state index contributed by atoms with van der Waals surface area (Å²) >= 11 is 0. The molecule has 0 unspecified atom stereocenters. The molecule has 0 aliphatic heterocycles. The third kappa shape index (κ3) is 6.83. The molecule has 0 heterocycles. The molecule has 1 aromatic carbocycles. The van der Waals surface area contributed by atoms with Crippen molar-refractivity contribution in [3.05, 3.63) is 41.2 Å². The number of esters is 1. The van der Waals surface area contributed by atoms with Gasteiger partial charge in [0.2, 0.25) is 0 Å². The van der Waals surface area contributed by atoms with Gasteiger partial charge >= 0.3 is 16.1 Å². The number of hydrogen-bond donors (Lipinski definition) is 0. The van der Waals surface area contributed by atoms with E-state index in [0.29, 0.717) is 18.4 Å². The molecule has 1 aromatic rings. The number of unbranched alkanes of at least 4 members (excludes halogenated alkanes) is 3. The summed E-state index contributed by atoms with van der Waals surface area (Å²) < 4.78 is 35.6. The van der Waals surface area contributed by atoms with E-state index >= 15 is 0 Å². The Balaban J connectivity index is 3.23. The SMILES string of the molecule is CCCCC/C(OS(=O)(=O)c1ccc(C)cc1)=C(\CCCC)C(=O)OC. The first-order valence-corrected chi connectivity index (χ1v) is 10.6. The summed E-state index contributed by atoms with van der Waals surface area (Å²) in [6.45, 7) is 5.95. The van der Waals surface area contributed by atoms with Crippen LogP contribution < -0.4 is 0 Å². The molecule has 0 aliphatic carbocycles. The Morgan fingerprint density at radius 2 is 1.58 bits per heavy atom. The van der Waals surface area contributed by atoms with Crippen molar-refractivity contribution in [2.24, 2.45) is 0 Å². The van der Waals surface area contributed by atoms with Crippen LogP contribution in [0, 0.1) is 6.92 Å². The molecule has 6 heteroatoms. The van der Waals surface area contributed by atoms with E-state index in [4.69, 9.17) is 8.92 Å². The zero-order valence-electron chi connectivity index (χ0n) is 16.2. The summed E-state index contributed by atoms with van der Waals surface area (Å²) in [5.41, 5.74) is 1.28. The number of rotatable bonds is 11. The quantitative estimate of drug-likeness (QED) is 0.179. The zero-order chi connectivity index (χ0) is 19.6. The fraction of sp³-hybridized carbons (Fsp3) is 0.550. The largest absolute Gasteiger partial charge is 0.466 e. The van der Waals surface area contributed by atoms with Gasteiger partial charge < -0.3 is 8.92 Å². The number of methoxy groups -OCH3 is 1. The van der Waals surface area contributed by atoms with E-state index in [1.807, 2.05) is 13.8 Å². The van der Waals surface area contributed by atoms with Crippen LogP contribution in [0.5, 0.6) is 0 Å². The van der Waals surface area contributed by atoms with Crippen LogP contribution in [0.2, 0.25) is 0 Å². The Labute approximate surface area is 157 Å². The van der Waals surface area contributed by atoms with Crippen molar-refractivity contribution in [3.63, 3.8) is 0 Å². The first-order chi connectivity index (χ1) is 12.4. The fourth-order valence-corrected chi connectivity index (χ4v) is 3.51. The second kappa shape index (κ2) is 11.0. The number of carbonyl (C=O) groups is 1. The minimum absolute atomic E-state index is 0.0794. The van der Waals surface area contributed by atoms with Crippen molar-refractivity contribution >= 4 is 16.1 Å². The number of ether oxygens (including phenoxy) is 1. The van der Waals surface area contributed by atoms with Crippen molar-refractivity contribution in [1.82, 2.24) is 0 Å². The molecule has 0 atom stereocenters. The lowest BCUT2D eigenvalue weighted by atomic mass is 10.0. The lowest BCUT2D eigenvalue weighted by molar-refractivity contribution is -0.136. The highest BCUT2D eigenvalue weighted by Crippen LogP contribution is 2.25. The minimum Gasteiger partial charge on any atom is -0.466 e. The lowest BCUT2D eigenvalue weighted by Crippen LogP contribution is -2.14. The monoisotopic (exact) mass is 382 g/mol. The topological polar surface area (TPSA) is 69.7 Å². The van der Waals surface area contributed by atoms with E-state index in [-0.39, 0.29) is 10.7 Å². The first kappa shape index (κ1) is 22.2. The molecule has 0 aromatic heterocycles. The van der Waals surface area contributed by atoms with Gasteiger partial charge in [0, 0.05) is 6.42 Å². The molecule has 0 radical (unpaired) electrons. The van der Waals surface area contributed by atoms with E-state index in [2.05, 4.69) is 6.92 Å². The summed E-state index contributed by atoms with van der Waals surface area (Å²) in [4.78, 5) is 12.3. The second-order valence-corrected chi connectivity index (χ2v) is 7.85. The van der Waals surface area contributed by atoms with Crippen molar-refractivity contribution in [2.75, 3.05) is 7.11 Å². The highest BCUT2D eigenvalue weighted by atomic mass is 32.2. The van der Waals surface area contributed by atoms with Gasteiger partial charge in [-0.3, -0.25) is 0 Å². The van der Waals surface area contributed by atoms with Crippen LogP contribution in [0.4, 0.5) is 0 Å². The lowest BCUT2D eigenvalue weighted by Gasteiger charge is -2.15. The van der Waals surface area contributed by atoms with Gasteiger partial charge in [-0.05, 0) is 38.3 Å². The minimum atomic E-state index is -3.99. The summed E-state index contributed by atoms with van der Waals surface area (Å²) in [5, 5.41) is 0. The molecule has 146 valence electrons. The van der Waals surface area contributed by atoms with Crippen LogP contribution in [0.25, 0.3) is 0 Å². The van der Waals surface area contributed by atoms with Gasteiger partial charge in [-0.15, -0.1) is 0 Å². The zero-order valence-corrected chi connectivity index (χ0v) is 17.0. The Bertz CT molecular complexity index is 702. The number of benzene rings is 1. The number of aryl methyl sites for hydroxylation is 1. The van der Waals surface area contributed by atoms with Gasteiger partial charge in [0.25, 0.3) is 0 Å². The predicted octanol–water partition coefficient (Wildman–Crippen LogP) is 4.90. The van der Waals surface area contributed by atoms with Crippen LogP contribution in [-0.4, -0.2) is 21.5 Å². The highest BCUT2D eigenvalue weighted by molar-refractivity contribution is 7.86. The summed E-state index contributed by atoms with van der Waals surface area (Å²) in [6.07, 6.45) is 5.15. The van der Waals surface area contributed by atoms with Crippen LogP contribution in [0.15, 0.2) is 40.5 Å². The third-order valence-electron chi connectivity index (χ3n) is 4.08. The number of carbonyl (C=O) groups excluding carboxylic acids is 1. The molecule has 1 rings (SSSR count).